The standard InChI is InChI=1S/C54H73B2NO6/c1-13-17-24-38(15-3)36-58-47-34-32-41-43(49(47)55-60-51(5,6)52(7,8)61-55)28-22-30-45(41)57(40-26-20-19-21-27-40)46-31-23-29-44-42(46)33-35-48(59-37-39(16-4)25-18-14-2)50(44)56-62-53(9,10)54(11,12)63-56/h19-23,26-35,38-39H,13-18,24-25,36-37H2,1-12H3. The Hall–Kier alpha value is -4.01. The van der Waals surface area contributed by atoms with Gasteiger partial charge >= 0.3 is 14.2 Å². The summed E-state index contributed by atoms with van der Waals surface area (Å²) in [6.45, 7) is 27.2. The third kappa shape index (κ3) is 9.55. The molecule has 0 aliphatic carbocycles. The second-order valence-electron chi connectivity index (χ2n) is 20.0. The molecule has 0 bridgehead atoms. The van der Waals surface area contributed by atoms with Crippen LogP contribution in [0.1, 0.15) is 134 Å². The molecule has 5 aromatic rings. The van der Waals surface area contributed by atoms with Gasteiger partial charge in [-0.3, -0.25) is 0 Å². The van der Waals surface area contributed by atoms with Crippen molar-refractivity contribution in [3.8, 4) is 11.5 Å². The SMILES string of the molecule is CCCCC(CC)COc1ccc2c(N(c3ccccc3)c3cccc4c(B5OC(C)(C)C(C)(C)O5)c(OCC(CC)CCCC)ccc34)cccc2c1B1OC(C)(C)C(C)(C)O1. The van der Waals surface area contributed by atoms with Gasteiger partial charge in [0.25, 0.3) is 0 Å². The van der Waals surface area contributed by atoms with Gasteiger partial charge in [-0.15, -0.1) is 0 Å². The van der Waals surface area contributed by atoms with Crippen molar-refractivity contribution in [1.29, 1.82) is 0 Å². The van der Waals surface area contributed by atoms with Gasteiger partial charge in [0.1, 0.15) is 11.5 Å². The average Bonchev–Trinajstić information content (AvgIpc) is 3.62. The Morgan fingerprint density at radius 1 is 0.476 bits per heavy atom. The second-order valence-corrected chi connectivity index (χ2v) is 20.0. The van der Waals surface area contributed by atoms with Gasteiger partial charge < -0.3 is 33.0 Å². The van der Waals surface area contributed by atoms with E-state index in [9.17, 15) is 0 Å². The molecule has 0 saturated carbocycles. The van der Waals surface area contributed by atoms with Crippen LogP contribution in [-0.4, -0.2) is 49.9 Å². The van der Waals surface area contributed by atoms with Crippen LogP contribution in [0.25, 0.3) is 21.5 Å². The fourth-order valence-electron chi connectivity index (χ4n) is 8.94. The van der Waals surface area contributed by atoms with Crippen molar-refractivity contribution in [2.45, 2.75) is 157 Å². The summed E-state index contributed by atoms with van der Waals surface area (Å²) < 4.78 is 41.0. The van der Waals surface area contributed by atoms with E-state index in [1.54, 1.807) is 0 Å². The van der Waals surface area contributed by atoms with Gasteiger partial charge in [-0.1, -0.05) is 109 Å². The number of hydrogen-bond donors (Lipinski definition) is 0. The molecule has 0 N–H and O–H groups in total. The molecule has 2 unspecified atom stereocenters. The Bertz CT molecular complexity index is 2150. The highest BCUT2D eigenvalue weighted by Crippen LogP contribution is 2.45. The first kappa shape index (κ1) is 47.0. The first-order chi connectivity index (χ1) is 30.1. The summed E-state index contributed by atoms with van der Waals surface area (Å²) in [5.41, 5.74) is 2.87. The lowest BCUT2D eigenvalue weighted by atomic mass is 9.74. The number of hydrogen-bond acceptors (Lipinski definition) is 7. The van der Waals surface area contributed by atoms with Crippen LogP contribution in [0.2, 0.25) is 0 Å². The van der Waals surface area contributed by atoms with Crippen LogP contribution >= 0.6 is 0 Å². The molecule has 2 saturated heterocycles. The zero-order chi connectivity index (χ0) is 45.2. The van der Waals surface area contributed by atoms with Crippen molar-refractivity contribution in [3.05, 3.63) is 91.0 Å². The Morgan fingerprint density at radius 2 is 0.873 bits per heavy atom. The lowest BCUT2D eigenvalue weighted by Gasteiger charge is -2.32. The third-order valence-electron chi connectivity index (χ3n) is 14.6. The van der Waals surface area contributed by atoms with E-state index >= 15 is 0 Å². The largest absolute Gasteiger partial charge is 0.499 e. The normalized spacial score (nSPS) is 18.5. The average molecular weight is 854 g/mol. The zero-order valence-corrected chi connectivity index (χ0v) is 40.4. The second kappa shape index (κ2) is 19.2. The molecular formula is C54H73B2NO6. The van der Waals surface area contributed by atoms with Crippen LogP contribution < -0.4 is 25.3 Å². The molecule has 0 amide bonds. The van der Waals surface area contributed by atoms with Crippen molar-refractivity contribution >= 4 is 63.8 Å². The molecule has 63 heavy (non-hydrogen) atoms. The molecule has 9 heteroatoms. The van der Waals surface area contributed by atoms with Crippen molar-refractivity contribution in [2.24, 2.45) is 11.8 Å². The van der Waals surface area contributed by atoms with Crippen molar-refractivity contribution < 1.29 is 28.1 Å². The smallest absolute Gasteiger partial charge is 0.494 e. The van der Waals surface area contributed by atoms with Crippen molar-refractivity contribution in [3.63, 3.8) is 0 Å². The Morgan fingerprint density at radius 3 is 1.24 bits per heavy atom. The highest BCUT2D eigenvalue weighted by molar-refractivity contribution is 6.67. The fraction of sp³-hybridized carbons (Fsp3) is 0.519. The summed E-state index contributed by atoms with van der Waals surface area (Å²) in [4.78, 5) is 2.38. The molecule has 7 rings (SSSR count). The summed E-state index contributed by atoms with van der Waals surface area (Å²) in [5, 5.41) is 4.20. The predicted molar refractivity (Wildman–Crippen MR) is 265 cm³/mol. The maximum Gasteiger partial charge on any atom is 0.499 e. The van der Waals surface area contributed by atoms with Gasteiger partial charge in [0.05, 0.1) is 47.0 Å². The maximum absolute atomic E-state index is 6.84. The Labute approximate surface area is 379 Å². The molecular weight excluding hydrogens is 780 g/mol. The molecule has 0 radical (unpaired) electrons. The van der Waals surface area contributed by atoms with E-state index in [1.165, 1.54) is 25.7 Å². The molecule has 0 aromatic heterocycles. The lowest BCUT2D eigenvalue weighted by molar-refractivity contribution is 0.00578. The molecule has 2 heterocycles. The summed E-state index contributed by atoms with van der Waals surface area (Å²) in [5.74, 6) is 2.56. The molecule has 0 spiro atoms. The minimum atomic E-state index is -0.613. The van der Waals surface area contributed by atoms with Gasteiger partial charge in [0.2, 0.25) is 0 Å². The van der Waals surface area contributed by atoms with Gasteiger partial charge in [-0.2, -0.15) is 0 Å². The maximum atomic E-state index is 6.84. The number of rotatable bonds is 19. The summed E-state index contributed by atoms with van der Waals surface area (Å²) in [6, 6.07) is 32.5. The molecule has 5 aromatic carbocycles. The number of benzene rings is 5. The Balaban J connectivity index is 1.41. The van der Waals surface area contributed by atoms with Crippen LogP contribution in [0.15, 0.2) is 91.0 Å². The number of fused-ring (bicyclic) bond motifs is 2. The van der Waals surface area contributed by atoms with Crippen LogP contribution in [-0.2, 0) is 18.6 Å². The van der Waals surface area contributed by atoms with Crippen molar-refractivity contribution in [1.82, 2.24) is 0 Å². The van der Waals surface area contributed by atoms with Gasteiger partial charge in [-0.25, -0.2) is 0 Å². The topological polar surface area (TPSA) is 58.6 Å². The summed E-state index contributed by atoms with van der Waals surface area (Å²) >= 11 is 0. The van der Waals surface area contributed by atoms with E-state index in [0.717, 1.165) is 86.7 Å². The van der Waals surface area contributed by atoms with Gasteiger partial charge in [0, 0.05) is 27.4 Å². The molecule has 2 fully saturated rings. The molecule has 2 aliphatic heterocycles. The van der Waals surface area contributed by atoms with Crippen LogP contribution in [0.3, 0.4) is 0 Å². The number of anilines is 3. The predicted octanol–water partition coefficient (Wildman–Crippen LogP) is 13.3. The van der Waals surface area contributed by atoms with Crippen molar-refractivity contribution in [2.75, 3.05) is 18.1 Å². The number of unbranched alkanes of at least 4 members (excludes halogenated alkanes) is 2. The fourth-order valence-corrected chi connectivity index (χ4v) is 8.94. The van der Waals surface area contributed by atoms with Gasteiger partial charge in [0.15, 0.2) is 0 Å². The van der Waals surface area contributed by atoms with E-state index in [0.29, 0.717) is 25.0 Å². The molecule has 7 nitrogen and oxygen atoms in total. The number of ether oxygens (including phenoxy) is 2. The van der Waals surface area contributed by atoms with E-state index in [2.05, 4.69) is 179 Å². The minimum Gasteiger partial charge on any atom is -0.494 e. The molecule has 336 valence electrons. The monoisotopic (exact) mass is 854 g/mol. The Kier molecular flexibility index (Phi) is 14.3. The zero-order valence-electron chi connectivity index (χ0n) is 40.4. The van der Waals surface area contributed by atoms with E-state index in [1.807, 2.05) is 0 Å². The minimum absolute atomic E-state index is 0.472. The number of para-hydroxylation sites is 1. The number of nitrogens with zero attached hydrogens (tertiary/aromatic N) is 1. The third-order valence-corrected chi connectivity index (χ3v) is 14.6. The highest BCUT2D eigenvalue weighted by atomic mass is 16.7. The lowest BCUT2D eigenvalue weighted by Crippen LogP contribution is -2.41. The van der Waals surface area contributed by atoms with Gasteiger partial charge in [-0.05, 0) is 139 Å². The van der Waals surface area contributed by atoms with Crippen LogP contribution in [0, 0.1) is 11.8 Å². The van der Waals surface area contributed by atoms with E-state index < -0.39 is 36.6 Å². The summed E-state index contributed by atoms with van der Waals surface area (Å²) in [6.07, 6.45) is 9.19. The highest BCUT2D eigenvalue weighted by Gasteiger charge is 2.54. The first-order valence-electron chi connectivity index (χ1n) is 24.0. The molecule has 2 atom stereocenters. The quantitative estimate of drug-likeness (QED) is 0.0767. The van der Waals surface area contributed by atoms with Crippen LogP contribution in [0.4, 0.5) is 17.1 Å². The van der Waals surface area contributed by atoms with Crippen LogP contribution in [0.5, 0.6) is 11.5 Å². The van der Waals surface area contributed by atoms with E-state index in [-0.39, 0.29) is 0 Å². The first-order valence-corrected chi connectivity index (χ1v) is 24.0. The molecule has 2 aliphatic rings. The summed E-state index contributed by atoms with van der Waals surface area (Å²) in [7, 11) is -1.23. The van der Waals surface area contributed by atoms with E-state index in [4.69, 9.17) is 28.1 Å².